The molecule has 2 heterocycles. The van der Waals surface area contributed by atoms with Crippen molar-refractivity contribution < 1.29 is 37.0 Å². The highest BCUT2D eigenvalue weighted by molar-refractivity contribution is 5.90. The van der Waals surface area contributed by atoms with Crippen LogP contribution in [0.2, 0.25) is 0 Å². The van der Waals surface area contributed by atoms with E-state index >= 15 is 0 Å². The third-order valence-electron chi connectivity index (χ3n) is 5.77. The number of rotatable bonds is 11. The van der Waals surface area contributed by atoms with Crippen LogP contribution in [0.5, 0.6) is 11.5 Å². The molecule has 0 saturated carbocycles. The van der Waals surface area contributed by atoms with Crippen LogP contribution in [0.15, 0.2) is 61.1 Å². The zero-order chi connectivity index (χ0) is 27.1. The Balaban J connectivity index is 1.49. The first kappa shape index (κ1) is 26.6. The fourth-order valence-corrected chi connectivity index (χ4v) is 3.95. The topological polar surface area (TPSA) is 118 Å². The number of hydrogen-bond donors (Lipinski definition) is 3. The van der Waals surface area contributed by atoms with Crippen LogP contribution in [0.4, 0.5) is 19.1 Å². The molecule has 38 heavy (non-hydrogen) atoms. The molecular formula is C26H25F3N4O5. The fraction of sp³-hybridized carbons (Fsp3) is 0.269. The number of anilines is 1. The molecule has 0 aliphatic rings. The summed E-state index contributed by atoms with van der Waals surface area (Å²) in [6.45, 7) is 1.12. The molecule has 4 rings (SSSR count). The molecule has 3 N–H and O–H groups in total. The molecule has 0 aliphatic carbocycles. The second-order valence-electron chi connectivity index (χ2n) is 8.31. The van der Waals surface area contributed by atoms with Gasteiger partial charge in [0.15, 0.2) is 5.95 Å². The Hall–Kier alpha value is -4.48. The monoisotopic (exact) mass is 530 g/mol. The molecule has 1 atom stereocenters. The summed E-state index contributed by atoms with van der Waals surface area (Å²) in [7, 11) is 1.50. The number of ether oxygens (including phenoxy) is 3. The summed E-state index contributed by atoms with van der Waals surface area (Å²) in [5, 5.41) is 3.88. The number of methoxy groups -OCH3 is 1. The van der Waals surface area contributed by atoms with E-state index in [0.29, 0.717) is 47.2 Å². The van der Waals surface area contributed by atoms with Gasteiger partial charge in [-0.25, -0.2) is 9.78 Å². The van der Waals surface area contributed by atoms with Gasteiger partial charge in [0, 0.05) is 48.0 Å². The van der Waals surface area contributed by atoms with Crippen molar-refractivity contribution in [3.05, 3.63) is 72.2 Å². The van der Waals surface area contributed by atoms with Crippen molar-refractivity contribution in [3.63, 3.8) is 0 Å². The highest BCUT2D eigenvalue weighted by atomic mass is 19.4. The number of imidazole rings is 1. The van der Waals surface area contributed by atoms with Gasteiger partial charge in [0.25, 0.3) is 0 Å². The molecule has 2 aromatic carbocycles. The average molecular weight is 531 g/mol. The lowest BCUT2D eigenvalue weighted by Crippen LogP contribution is -2.28. The van der Waals surface area contributed by atoms with E-state index in [4.69, 9.17) is 9.47 Å². The Labute approximate surface area is 215 Å². The zero-order valence-electron chi connectivity index (χ0n) is 20.3. The summed E-state index contributed by atoms with van der Waals surface area (Å²) in [6.07, 6.45) is 0.0352. The van der Waals surface area contributed by atoms with E-state index in [2.05, 4.69) is 25.0 Å². The predicted molar refractivity (Wildman–Crippen MR) is 132 cm³/mol. The van der Waals surface area contributed by atoms with E-state index in [-0.39, 0.29) is 0 Å². The SMILES string of the molecule is COc1ccc(C(CC(=O)OC(=O)C(F)(F)F)c2c[nH]c3cc(OCCCNc4ncc[nH]4)ccc23)cc1. The molecule has 12 heteroatoms. The summed E-state index contributed by atoms with van der Waals surface area (Å²) in [6, 6.07) is 12.1. The maximum atomic E-state index is 12.6. The Morgan fingerprint density at radius 2 is 1.84 bits per heavy atom. The number of aromatic nitrogens is 3. The number of carbonyl (C=O) groups is 2. The Kier molecular flexibility index (Phi) is 8.19. The fourth-order valence-electron chi connectivity index (χ4n) is 3.95. The van der Waals surface area contributed by atoms with Crippen LogP contribution in [0.1, 0.15) is 29.9 Å². The molecule has 0 fully saturated rings. The molecule has 0 radical (unpaired) electrons. The van der Waals surface area contributed by atoms with Gasteiger partial charge in [-0.15, -0.1) is 0 Å². The number of nitrogens with zero attached hydrogens (tertiary/aromatic N) is 1. The summed E-state index contributed by atoms with van der Waals surface area (Å²) in [5.41, 5.74) is 1.99. The van der Waals surface area contributed by atoms with Crippen molar-refractivity contribution >= 4 is 28.8 Å². The maximum absolute atomic E-state index is 12.6. The van der Waals surface area contributed by atoms with E-state index in [1.54, 1.807) is 61.1 Å². The maximum Gasteiger partial charge on any atom is 0.491 e. The molecule has 0 aliphatic heterocycles. The number of carbonyl (C=O) groups excluding carboxylic acids is 2. The lowest BCUT2D eigenvalue weighted by atomic mass is 9.88. The number of alkyl halides is 3. The minimum Gasteiger partial charge on any atom is -0.497 e. The van der Waals surface area contributed by atoms with Crippen molar-refractivity contribution in [1.82, 2.24) is 15.0 Å². The van der Waals surface area contributed by atoms with Crippen molar-refractivity contribution in [1.29, 1.82) is 0 Å². The molecule has 0 amide bonds. The van der Waals surface area contributed by atoms with Crippen LogP contribution in [-0.4, -0.2) is 53.3 Å². The lowest BCUT2D eigenvalue weighted by Gasteiger charge is -2.17. The van der Waals surface area contributed by atoms with Crippen LogP contribution >= 0.6 is 0 Å². The first-order valence-electron chi connectivity index (χ1n) is 11.7. The number of benzene rings is 2. The zero-order valence-corrected chi connectivity index (χ0v) is 20.3. The van der Waals surface area contributed by atoms with E-state index < -0.39 is 30.5 Å². The van der Waals surface area contributed by atoms with Gasteiger partial charge in [0.05, 0.1) is 20.1 Å². The minimum absolute atomic E-state index is 0.459. The first-order chi connectivity index (χ1) is 18.2. The van der Waals surface area contributed by atoms with E-state index in [9.17, 15) is 22.8 Å². The number of halogens is 3. The van der Waals surface area contributed by atoms with Crippen molar-refractivity contribution in [2.45, 2.75) is 24.9 Å². The van der Waals surface area contributed by atoms with Crippen LogP contribution in [0, 0.1) is 0 Å². The highest BCUT2D eigenvalue weighted by Gasteiger charge is 2.42. The van der Waals surface area contributed by atoms with Crippen LogP contribution in [-0.2, 0) is 14.3 Å². The number of H-pyrrole nitrogens is 2. The second kappa shape index (κ2) is 11.7. The van der Waals surface area contributed by atoms with Gasteiger partial charge in [-0.05, 0) is 41.8 Å². The Morgan fingerprint density at radius 1 is 1.08 bits per heavy atom. The smallest absolute Gasteiger partial charge is 0.491 e. The molecule has 2 aromatic heterocycles. The number of nitrogens with one attached hydrogen (secondary N) is 3. The summed E-state index contributed by atoms with van der Waals surface area (Å²) < 4.78 is 52.9. The molecule has 0 bridgehead atoms. The number of aromatic amines is 2. The number of esters is 2. The summed E-state index contributed by atoms with van der Waals surface area (Å²) >= 11 is 0. The second-order valence-corrected chi connectivity index (χ2v) is 8.31. The summed E-state index contributed by atoms with van der Waals surface area (Å²) in [4.78, 5) is 33.7. The third-order valence-corrected chi connectivity index (χ3v) is 5.77. The standard InChI is InChI=1S/C26H25F3N4O5/c1-36-17-5-3-16(4-6-17)20(14-23(34)38-24(35)26(27,28)29)21-15-33-22-13-18(7-8-19(21)22)37-12-2-9-30-25-31-10-11-32-25/h3-8,10-11,13,15,20,33H,2,9,12,14H2,1H3,(H2,30,31,32). The lowest BCUT2D eigenvalue weighted by molar-refractivity contribution is -0.201. The van der Waals surface area contributed by atoms with Crippen LogP contribution < -0.4 is 14.8 Å². The predicted octanol–water partition coefficient (Wildman–Crippen LogP) is 4.93. The van der Waals surface area contributed by atoms with Crippen LogP contribution in [0.25, 0.3) is 10.9 Å². The van der Waals surface area contributed by atoms with Crippen molar-refractivity contribution in [2.24, 2.45) is 0 Å². The van der Waals surface area contributed by atoms with Gasteiger partial charge in [0.1, 0.15) is 11.5 Å². The average Bonchev–Trinajstić information content (AvgIpc) is 3.56. The van der Waals surface area contributed by atoms with Gasteiger partial charge in [0.2, 0.25) is 0 Å². The molecule has 9 nitrogen and oxygen atoms in total. The quantitative estimate of drug-likeness (QED) is 0.143. The van der Waals surface area contributed by atoms with E-state index in [1.807, 2.05) is 0 Å². The third kappa shape index (κ3) is 6.64. The Morgan fingerprint density at radius 3 is 2.53 bits per heavy atom. The van der Waals surface area contributed by atoms with Gasteiger partial charge >= 0.3 is 18.1 Å². The van der Waals surface area contributed by atoms with Crippen LogP contribution in [0.3, 0.4) is 0 Å². The van der Waals surface area contributed by atoms with Gasteiger partial charge in [-0.2, -0.15) is 13.2 Å². The first-order valence-corrected chi connectivity index (χ1v) is 11.7. The number of hydrogen-bond acceptors (Lipinski definition) is 7. The van der Waals surface area contributed by atoms with E-state index in [1.165, 1.54) is 7.11 Å². The van der Waals surface area contributed by atoms with Gasteiger partial charge in [-0.1, -0.05) is 12.1 Å². The van der Waals surface area contributed by atoms with E-state index in [0.717, 1.165) is 11.8 Å². The Bertz CT molecular complexity index is 1370. The largest absolute Gasteiger partial charge is 0.497 e. The molecule has 4 aromatic rings. The van der Waals surface area contributed by atoms with Crippen molar-refractivity contribution in [2.75, 3.05) is 25.6 Å². The summed E-state index contributed by atoms with van der Waals surface area (Å²) in [5.74, 6) is -2.64. The normalized spacial score (nSPS) is 12.2. The molecule has 200 valence electrons. The number of fused-ring (bicyclic) bond motifs is 1. The minimum atomic E-state index is -5.27. The highest BCUT2D eigenvalue weighted by Crippen LogP contribution is 2.36. The molecular weight excluding hydrogens is 505 g/mol. The molecule has 0 spiro atoms. The van der Waals surface area contributed by atoms with Gasteiger partial charge < -0.3 is 29.5 Å². The van der Waals surface area contributed by atoms with Crippen molar-refractivity contribution in [3.8, 4) is 11.5 Å². The molecule has 0 saturated heterocycles. The molecule has 1 unspecified atom stereocenters. The van der Waals surface area contributed by atoms with Gasteiger partial charge in [-0.3, -0.25) is 4.79 Å².